The van der Waals surface area contributed by atoms with Crippen LogP contribution in [0.5, 0.6) is 0 Å². The summed E-state index contributed by atoms with van der Waals surface area (Å²) >= 11 is 0. The van der Waals surface area contributed by atoms with Crippen molar-refractivity contribution >= 4 is 12.4 Å². The third-order valence-corrected chi connectivity index (χ3v) is 2.46. The summed E-state index contributed by atoms with van der Waals surface area (Å²) in [6.07, 6.45) is 3.87. The Morgan fingerprint density at radius 2 is 2.10 bits per heavy atom. The Kier molecular flexibility index (Phi) is 3.63. The highest BCUT2D eigenvalue weighted by Crippen LogP contribution is 2.36. The summed E-state index contributed by atoms with van der Waals surface area (Å²) in [5.74, 6) is 5.36. The fourth-order valence-electron chi connectivity index (χ4n) is 1.64. The average molecular weight is 165 g/mol. The number of hydrazine groups is 1. The Bertz CT molecular complexity index is 104. The maximum atomic E-state index is 5.36. The van der Waals surface area contributed by atoms with Gasteiger partial charge in [-0.2, -0.15) is 0 Å². The summed E-state index contributed by atoms with van der Waals surface area (Å²) in [5, 5.41) is 0. The molecule has 1 aliphatic carbocycles. The lowest BCUT2D eigenvalue weighted by Crippen LogP contribution is -2.41. The molecule has 0 bridgehead atoms. The minimum atomic E-state index is 0. The van der Waals surface area contributed by atoms with Gasteiger partial charge in [0.05, 0.1) is 0 Å². The van der Waals surface area contributed by atoms with Crippen molar-refractivity contribution in [2.24, 2.45) is 11.3 Å². The summed E-state index contributed by atoms with van der Waals surface area (Å²) in [6, 6.07) is 0.539. The van der Waals surface area contributed by atoms with Gasteiger partial charge in [0.1, 0.15) is 0 Å². The van der Waals surface area contributed by atoms with Gasteiger partial charge in [0, 0.05) is 6.04 Å². The van der Waals surface area contributed by atoms with Crippen molar-refractivity contribution in [3.8, 4) is 0 Å². The first kappa shape index (κ1) is 10.2. The maximum absolute atomic E-state index is 5.36. The first-order valence-corrected chi connectivity index (χ1v) is 3.63. The Morgan fingerprint density at radius 1 is 1.50 bits per heavy atom. The quantitative estimate of drug-likeness (QED) is 0.455. The Labute approximate surface area is 68.9 Å². The van der Waals surface area contributed by atoms with Crippen molar-refractivity contribution in [1.29, 1.82) is 0 Å². The van der Waals surface area contributed by atoms with Crippen LogP contribution in [0.3, 0.4) is 0 Å². The van der Waals surface area contributed by atoms with Crippen molar-refractivity contribution in [3.05, 3.63) is 0 Å². The van der Waals surface area contributed by atoms with Gasteiger partial charge >= 0.3 is 0 Å². The molecule has 62 valence electrons. The number of rotatable bonds is 1. The second kappa shape index (κ2) is 3.56. The minimum absolute atomic E-state index is 0. The van der Waals surface area contributed by atoms with Crippen LogP contribution in [-0.2, 0) is 0 Å². The molecule has 0 aromatic rings. The zero-order chi connectivity index (χ0) is 6.91. The van der Waals surface area contributed by atoms with E-state index in [2.05, 4.69) is 19.3 Å². The average Bonchev–Trinajstić information content (AvgIpc) is 2.08. The fraction of sp³-hybridized carbons (Fsp3) is 1.00. The smallest absolute Gasteiger partial charge is 0.0261 e. The van der Waals surface area contributed by atoms with Crippen LogP contribution < -0.4 is 11.3 Å². The summed E-state index contributed by atoms with van der Waals surface area (Å²) in [5.41, 5.74) is 3.28. The normalized spacial score (nSPS) is 29.7. The van der Waals surface area contributed by atoms with Gasteiger partial charge in [-0.1, -0.05) is 20.3 Å². The van der Waals surface area contributed by atoms with Crippen LogP contribution in [0.4, 0.5) is 0 Å². The number of halogens is 1. The highest BCUT2D eigenvalue weighted by atomic mass is 35.5. The van der Waals surface area contributed by atoms with Crippen molar-refractivity contribution in [2.45, 2.75) is 39.2 Å². The molecule has 0 saturated heterocycles. The fourth-order valence-corrected chi connectivity index (χ4v) is 1.64. The maximum Gasteiger partial charge on any atom is 0.0261 e. The van der Waals surface area contributed by atoms with E-state index in [1.165, 1.54) is 19.3 Å². The highest BCUT2D eigenvalue weighted by molar-refractivity contribution is 5.85. The van der Waals surface area contributed by atoms with Gasteiger partial charge in [-0.25, -0.2) is 0 Å². The first-order chi connectivity index (χ1) is 4.17. The number of hydrogen-bond acceptors (Lipinski definition) is 2. The molecule has 1 aliphatic rings. The minimum Gasteiger partial charge on any atom is -0.271 e. The third-order valence-electron chi connectivity index (χ3n) is 2.46. The summed E-state index contributed by atoms with van der Waals surface area (Å²) in [4.78, 5) is 0. The number of hydrogen-bond donors (Lipinski definition) is 2. The van der Waals surface area contributed by atoms with Crippen LogP contribution in [0.1, 0.15) is 33.1 Å². The third kappa shape index (κ3) is 1.84. The van der Waals surface area contributed by atoms with Crippen LogP contribution in [0.2, 0.25) is 0 Å². The zero-order valence-electron chi connectivity index (χ0n) is 6.68. The molecular weight excluding hydrogens is 148 g/mol. The van der Waals surface area contributed by atoms with Crippen molar-refractivity contribution in [2.75, 3.05) is 0 Å². The first-order valence-electron chi connectivity index (χ1n) is 3.63. The van der Waals surface area contributed by atoms with E-state index in [0.29, 0.717) is 11.5 Å². The summed E-state index contributed by atoms with van der Waals surface area (Å²) < 4.78 is 0. The van der Waals surface area contributed by atoms with E-state index < -0.39 is 0 Å². The van der Waals surface area contributed by atoms with E-state index in [-0.39, 0.29) is 12.4 Å². The lowest BCUT2D eigenvalue weighted by Gasteiger charge is -2.25. The van der Waals surface area contributed by atoms with Crippen molar-refractivity contribution in [1.82, 2.24) is 5.43 Å². The molecule has 3 N–H and O–H groups in total. The van der Waals surface area contributed by atoms with Gasteiger partial charge in [0.15, 0.2) is 0 Å². The molecule has 3 heteroatoms. The van der Waals surface area contributed by atoms with Crippen LogP contribution in [0.15, 0.2) is 0 Å². The molecule has 0 heterocycles. The van der Waals surface area contributed by atoms with E-state index in [1.54, 1.807) is 0 Å². The second-order valence-electron chi connectivity index (χ2n) is 3.60. The van der Waals surface area contributed by atoms with E-state index in [1.807, 2.05) is 0 Å². The monoisotopic (exact) mass is 164 g/mol. The van der Waals surface area contributed by atoms with Crippen LogP contribution in [-0.4, -0.2) is 6.04 Å². The molecule has 1 rings (SSSR count). The molecule has 0 spiro atoms. The Balaban J connectivity index is 0.000000810. The SMILES string of the molecule is CC1(C)CCCC1NN.Cl. The number of nitrogens with two attached hydrogens (primary N) is 1. The molecule has 1 fully saturated rings. The molecule has 1 atom stereocenters. The molecule has 0 amide bonds. The molecule has 2 nitrogen and oxygen atoms in total. The van der Waals surface area contributed by atoms with Gasteiger partial charge in [0.25, 0.3) is 0 Å². The standard InChI is InChI=1S/C7H16N2.ClH/c1-7(2)5-3-4-6(7)9-8;/h6,9H,3-5,8H2,1-2H3;1H. The van der Waals surface area contributed by atoms with Crippen molar-refractivity contribution in [3.63, 3.8) is 0 Å². The Morgan fingerprint density at radius 3 is 2.30 bits per heavy atom. The van der Waals surface area contributed by atoms with Crippen LogP contribution in [0.25, 0.3) is 0 Å². The Hall–Kier alpha value is 0.210. The van der Waals surface area contributed by atoms with Gasteiger partial charge in [-0.3, -0.25) is 11.3 Å². The van der Waals surface area contributed by atoms with E-state index in [0.717, 1.165) is 0 Å². The molecule has 0 aliphatic heterocycles. The molecule has 1 unspecified atom stereocenters. The number of nitrogens with one attached hydrogen (secondary N) is 1. The van der Waals surface area contributed by atoms with Gasteiger partial charge in [-0.05, 0) is 18.3 Å². The largest absolute Gasteiger partial charge is 0.271 e. The predicted octanol–water partition coefficient (Wildman–Crippen LogP) is 1.45. The summed E-state index contributed by atoms with van der Waals surface area (Å²) in [6.45, 7) is 4.54. The van der Waals surface area contributed by atoms with Crippen molar-refractivity contribution < 1.29 is 0 Å². The van der Waals surface area contributed by atoms with E-state index in [9.17, 15) is 0 Å². The lowest BCUT2D eigenvalue weighted by atomic mass is 9.88. The molecule has 0 aromatic heterocycles. The lowest BCUT2D eigenvalue weighted by molar-refractivity contribution is 0.287. The van der Waals surface area contributed by atoms with E-state index >= 15 is 0 Å². The topological polar surface area (TPSA) is 38.0 Å². The van der Waals surface area contributed by atoms with Gasteiger partial charge < -0.3 is 0 Å². The molecule has 0 aromatic carbocycles. The van der Waals surface area contributed by atoms with Crippen LogP contribution in [0, 0.1) is 5.41 Å². The van der Waals surface area contributed by atoms with Gasteiger partial charge in [-0.15, -0.1) is 12.4 Å². The van der Waals surface area contributed by atoms with Gasteiger partial charge in [0.2, 0.25) is 0 Å². The molecular formula is C7H17ClN2. The van der Waals surface area contributed by atoms with E-state index in [4.69, 9.17) is 5.84 Å². The second-order valence-corrected chi connectivity index (χ2v) is 3.60. The summed E-state index contributed by atoms with van der Waals surface area (Å²) in [7, 11) is 0. The predicted molar refractivity (Wildman–Crippen MR) is 46.0 cm³/mol. The van der Waals surface area contributed by atoms with Crippen LogP contribution >= 0.6 is 12.4 Å². The molecule has 10 heavy (non-hydrogen) atoms. The highest BCUT2D eigenvalue weighted by Gasteiger charge is 2.33. The molecule has 0 radical (unpaired) electrons. The zero-order valence-corrected chi connectivity index (χ0v) is 7.50. The molecule has 1 saturated carbocycles.